The standard InChI is InChI=1S/C9H13BO5P/c10-8-9(12,2-1-3-11)7-6(15-8)4-14-16-5-13-7/h6-8,11-12H,1-4H2/q+1/t6?,7-,8?,9+/m1/s1. The van der Waals surface area contributed by atoms with Gasteiger partial charge in [-0.2, -0.15) is 0 Å². The molecule has 0 aromatic rings. The summed E-state index contributed by atoms with van der Waals surface area (Å²) >= 11 is 0. The van der Waals surface area contributed by atoms with Gasteiger partial charge in [-0.25, -0.2) is 0 Å². The summed E-state index contributed by atoms with van der Waals surface area (Å²) in [6, 6.07) is -0.825. The molecule has 5 nitrogen and oxygen atoms in total. The zero-order valence-corrected chi connectivity index (χ0v) is 9.60. The molecular formula is C9H13BO5P+. The van der Waals surface area contributed by atoms with Crippen molar-refractivity contribution in [3.63, 3.8) is 0 Å². The summed E-state index contributed by atoms with van der Waals surface area (Å²) in [5, 5.41) is 19.2. The molecule has 0 amide bonds. The first kappa shape index (κ1) is 12.5. The van der Waals surface area contributed by atoms with Crippen LogP contribution in [0.1, 0.15) is 12.8 Å². The number of hydrogen-bond acceptors (Lipinski definition) is 5. The van der Waals surface area contributed by atoms with Crippen molar-refractivity contribution in [2.75, 3.05) is 13.2 Å². The van der Waals surface area contributed by atoms with Gasteiger partial charge in [0.2, 0.25) is 0 Å². The number of aliphatic hydroxyl groups excluding tert-OH is 1. The Labute approximate surface area is 96.6 Å². The van der Waals surface area contributed by atoms with E-state index in [0.717, 1.165) is 0 Å². The second-order valence-corrected chi connectivity index (χ2v) is 4.55. The maximum absolute atomic E-state index is 10.4. The van der Waals surface area contributed by atoms with E-state index in [1.807, 2.05) is 0 Å². The Morgan fingerprint density at radius 3 is 3.12 bits per heavy atom. The van der Waals surface area contributed by atoms with Gasteiger partial charge in [0.1, 0.15) is 0 Å². The van der Waals surface area contributed by atoms with Crippen LogP contribution >= 0.6 is 8.26 Å². The third-order valence-corrected chi connectivity index (χ3v) is 3.36. The molecule has 2 N–H and O–H groups in total. The van der Waals surface area contributed by atoms with E-state index in [0.29, 0.717) is 27.7 Å². The van der Waals surface area contributed by atoms with Crippen molar-refractivity contribution < 1.29 is 24.2 Å². The van der Waals surface area contributed by atoms with E-state index < -0.39 is 17.7 Å². The molecule has 16 heavy (non-hydrogen) atoms. The van der Waals surface area contributed by atoms with Crippen LogP contribution in [0.15, 0.2) is 0 Å². The molecule has 1 saturated heterocycles. The Bertz CT molecular complexity index is 317. The molecule has 2 heterocycles. The first-order chi connectivity index (χ1) is 7.68. The fourth-order valence-electron chi connectivity index (χ4n) is 2.03. The molecule has 0 bridgehead atoms. The van der Waals surface area contributed by atoms with Gasteiger partial charge in [-0.3, -0.25) is 0 Å². The molecular weight excluding hydrogens is 230 g/mol. The van der Waals surface area contributed by atoms with Crippen molar-refractivity contribution in [1.29, 1.82) is 0 Å². The van der Waals surface area contributed by atoms with Crippen LogP contribution in [-0.2, 0) is 14.0 Å². The zero-order chi connectivity index (χ0) is 11.6. The van der Waals surface area contributed by atoms with Gasteiger partial charge >= 0.3 is 96.0 Å². The van der Waals surface area contributed by atoms with E-state index in [-0.39, 0.29) is 12.7 Å². The van der Waals surface area contributed by atoms with Gasteiger partial charge in [-0.1, -0.05) is 0 Å². The molecule has 1 fully saturated rings. The van der Waals surface area contributed by atoms with Crippen LogP contribution in [0.5, 0.6) is 0 Å². The third kappa shape index (κ3) is 2.20. The van der Waals surface area contributed by atoms with Crippen LogP contribution in [0.2, 0.25) is 0 Å². The molecule has 86 valence electrons. The monoisotopic (exact) mass is 243 g/mol. The molecule has 2 radical (unpaired) electrons. The average molecular weight is 243 g/mol. The van der Waals surface area contributed by atoms with Crippen LogP contribution in [-0.4, -0.2) is 55.1 Å². The van der Waals surface area contributed by atoms with Crippen LogP contribution in [0.3, 0.4) is 0 Å². The van der Waals surface area contributed by atoms with Crippen LogP contribution in [0.25, 0.3) is 0 Å². The van der Waals surface area contributed by atoms with Crippen molar-refractivity contribution in [3.8, 4) is 5.81 Å². The normalized spacial score (nSPS) is 42.5. The first-order valence-corrected chi connectivity index (χ1v) is 5.96. The van der Waals surface area contributed by atoms with Crippen LogP contribution in [0.4, 0.5) is 0 Å². The summed E-state index contributed by atoms with van der Waals surface area (Å²) in [5.41, 5.74) is -1.29. The summed E-state index contributed by atoms with van der Waals surface area (Å²) in [7, 11) is 6.23. The summed E-state index contributed by atoms with van der Waals surface area (Å²) in [4.78, 5) is 0. The van der Waals surface area contributed by atoms with Crippen molar-refractivity contribution in [1.82, 2.24) is 0 Å². The van der Waals surface area contributed by atoms with Gasteiger partial charge in [-0.05, 0) is 0 Å². The molecule has 0 aromatic carbocycles. The predicted molar refractivity (Wildman–Crippen MR) is 57.3 cm³/mol. The van der Waals surface area contributed by atoms with Crippen molar-refractivity contribution >= 4 is 16.1 Å². The molecule has 0 spiro atoms. The van der Waals surface area contributed by atoms with E-state index in [1.165, 1.54) is 0 Å². The number of aliphatic hydroxyl groups is 2. The fraction of sp³-hybridized carbons (Fsp3) is 0.889. The van der Waals surface area contributed by atoms with Gasteiger partial charge in [0.25, 0.3) is 0 Å². The predicted octanol–water partition coefficient (Wildman–Crippen LogP) is -0.423. The number of ether oxygens (including phenoxy) is 2. The summed E-state index contributed by atoms with van der Waals surface area (Å²) in [6.07, 6.45) is -0.200. The van der Waals surface area contributed by atoms with E-state index >= 15 is 0 Å². The Morgan fingerprint density at radius 2 is 2.38 bits per heavy atom. The summed E-state index contributed by atoms with van der Waals surface area (Å²) in [6.45, 7) is 0.308. The third-order valence-electron chi connectivity index (χ3n) is 2.90. The minimum atomic E-state index is -1.29. The van der Waals surface area contributed by atoms with Crippen molar-refractivity contribution in [3.05, 3.63) is 0 Å². The molecule has 0 aliphatic carbocycles. The van der Waals surface area contributed by atoms with Gasteiger partial charge < -0.3 is 0 Å². The van der Waals surface area contributed by atoms with Gasteiger partial charge in [0, 0.05) is 0 Å². The Morgan fingerprint density at radius 1 is 1.56 bits per heavy atom. The average Bonchev–Trinajstić information content (AvgIpc) is 2.48. The zero-order valence-electron chi connectivity index (χ0n) is 8.70. The fourth-order valence-corrected chi connectivity index (χ4v) is 2.46. The molecule has 2 aliphatic heterocycles. The Balaban J connectivity index is 2.13. The molecule has 2 aliphatic rings. The number of fused-ring (bicyclic) bond motifs is 1. The van der Waals surface area contributed by atoms with Gasteiger partial charge in [0.15, 0.2) is 0 Å². The minimum absolute atomic E-state index is 0.00536. The van der Waals surface area contributed by atoms with Crippen molar-refractivity contribution in [2.45, 2.75) is 36.7 Å². The molecule has 7 heteroatoms. The van der Waals surface area contributed by atoms with E-state index in [1.54, 1.807) is 0 Å². The molecule has 2 unspecified atom stereocenters. The summed E-state index contributed by atoms with van der Waals surface area (Å²) < 4.78 is 15.8. The molecule has 0 saturated carbocycles. The van der Waals surface area contributed by atoms with Gasteiger partial charge in [0.05, 0.1) is 0 Å². The Hall–Kier alpha value is 0.0749. The SMILES string of the molecule is [B]C1OC2CO[P+]#CO[C@H]2[C@@]1(O)CCCO. The summed E-state index contributed by atoms with van der Waals surface area (Å²) in [5.74, 6) is 2.56. The van der Waals surface area contributed by atoms with E-state index in [2.05, 4.69) is 5.81 Å². The van der Waals surface area contributed by atoms with E-state index in [9.17, 15) is 5.11 Å². The molecule has 4 atom stereocenters. The second-order valence-electron chi connectivity index (χ2n) is 3.93. The molecule has 0 aromatic heterocycles. The topological polar surface area (TPSA) is 68.2 Å². The number of hydrogen-bond donors (Lipinski definition) is 2. The second kappa shape index (κ2) is 5.15. The van der Waals surface area contributed by atoms with Crippen LogP contribution in [0, 0.1) is 5.81 Å². The molecule has 2 rings (SSSR count). The van der Waals surface area contributed by atoms with Gasteiger partial charge in [-0.15, -0.1) is 0 Å². The quantitative estimate of drug-likeness (QED) is 0.520. The Kier molecular flexibility index (Phi) is 4.03. The van der Waals surface area contributed by atoms with E-state index in [4.69, 9.17) is 27.0 Å². The van der Waals surface area contributed by atoms with Crippen LogP contribution < -0.4 is 0 Å². The maximum atomic E-state index is 10.4. The van der Waals surface area contributed by atoms with Crippen molar-refractivity contribution in [2.24, 2.45) is 0 Å². The number of rotatable bonds is 3. The first-order valence-electron chi connectivity index (χ1n) is 5.15.